The number of hydrogen-bond donors (Lipinski definition) is 0. The summed E-state index contributed by atoms with van der Waals surface area (Å²) in [7, 11) is 1.34. The summed E-state index contributed by atoms with van der Waals surface area (Å²) in [5, 5.41) is 0.718. The highest BCUT2D eigenvalue weighted by atomic mass is 32.2. The van der Waals surface area contributed by atoms with E-state index in [1.807, 2.05) is 19.1 Å². The molecule has 0 saturated carbocycles. The van der Waals surface area contributed by atoms with E-state index in [1.54, 1.807) is 11.8 Å². The Bertz CT molecular complexity index is 1170. The summed E-state index contributed by atoms with van der Waals surface area (Å²) in [4.78, 5) is 18.3. The molecule has 3 aromatic rings. The normalized spacial score (nSPS) is 13.4. The summed E-state index contributed by atoms with van der Waals surface area (Å²) >= 11 is 3.24. The number of aromatic nitrogens is 1. The number of alkyl halides is 3. The fourth-order valence-electron chi connectivity index (χ4n) is 3.90. The highest BCUT2D eigenvalue weighted by molar-refractivity contribution is 7.98. The minimum absolute atomic E-state index is 0.109. The van der Waals surface area contributed by atoms with Gasteiger partial charge in [0.1, 0.15) is 10.8 Å². The van der Waals surface area contributed by atoms with Crippen LogP contribution in [0, 0.1) is 6.92 Å². The molecule has 2 aromatic carbocycles. The van der Waals surface area contributed by atoms with Crippen LogP contribution in [0.4, 0.5) is 13.2 Å². The Morgan fingerprint density at radius 1 is 1.09 bits per heavy atom. The third-order valence-electron chi connectivity index (χ3n) is 5.73. The van der Waals surface area contributed by atoms with Crippen molar-refractivity contribution in [2.75, 3.05) is 13.7 Å². The highest BCUT2D eigenvalue weighted by Crippen LogP contribution is 2.40. The molecule has 34 heavy (non-hydrogen) atoms. The lowest BCUT2D eigenvalue weighted by Crippen LogP contribution is -2.15. The van der Waals surface area contributed by atoms with E-state index in [1.165, 1.54) is 41.0 Å². The van der Waals surface area contributed by atoms with E-state index >= 15 is 0 Å². The quantitative estimate of drug-likeness (QED) is 0.258. The van der Waals surface area contributed by atoms with Gasteiger partial charge in [0.2, 0.25) is 0 Å². The van der Waals surface area contributed by atoms with E-state index < -0.39 is 17.7 Å². The standard InChI is InChI=1S/C25H24F3NO3S2/c1-15-22(34-24(29-15)16-7-9-17(10-8-16)25(26,27)28)14-33-21-12-11-20(32-13-23(30)31-2)18-5-3-4-6-19(18)21/h7-12H,3-6,13-14H2,1-2H3. The number of esters is 1. The smallest absolute Gasteiger partial charge is 0.416 e. The molecule has 0 unspecified atom stereocenters. The number of carbonyl (C=O) groups excluding carboxylic acids is 1. The summed E-state index contributed by atoms with van der Waals surface area (Å²) in [6.07, 6.45) is -0.277. The van der Waals surface area contributed by atoms with Crippen molar-refractivity contribution in [3.63, 3.8) is 0 Å². The van der Waals surface area contributed by atoms with Crippen LogP contribution in [0.2, 0.25) is 0 Å². The molecule has 0 aliphatic heterocycles. The van der Waals surface area contributed by atoms with Gasteiger partial charge >= 0.3 is 12.1 Å². The Morgan fingerprint density at radius 3 is 2.47 bits per heavy atom. The topological polar surface area (TPSA) is 48.4 Å². The number of thioether (sulfide) groups is 1. The number of methoxy groups -OCH3 is 1. The van der Waals surface area contributed by atoms with Gasteiger partial charge in [-0.05, 0) is 68.0 Å². The van der Waals surface area contributed by atoms with Crippen LogP contribution in [0.5, 0.6) is 5.75 Å². The van der Waals surface area contributed by atoms with Crippen LogP contribution in [0.25, 0.3) is 10.6 Å². The van der Waals surface area contributed by atoms with Crippen molar-refractivity contribution in [2.24, 2.45) is 0 Å². The van der Waals surface area contributed by atoms with E-state index in [2.05, 4.69) is 9.72 Å². The van der Waals surface area contributed by atoms with Gasteiger partial charge in [0.05, 0.1) is 18.4 Å². The minimum Gasteiger partial charge on any atom is -0.482 e. The average Bonchev–Trinajstić information content (AvgIpc) is 3.21. The van der Waals surface area contributed by atoms with Crippen LogP contribution in [0.15, 0.2) is 41.3 Å². The summed E-state index contributed by atoms with van der Waals surface area (Å²) < 4.78 is 48.9. The van der Waals surface area contributed by atoms with Crippen LogP contribution in [0.1, 0.15) is 40.1 Å². The molecule has 0 fully saturated rings. The average molecular weight is 508 g/mol. The van der Waals surface area contributed by atoms with Crippen molar-refractivity contribution in [2.45, 2.75) is 49.4 Å². The number of hydrogen-bond acceptors (Lipinski definition) is 6. The van der Waals surface area contributed by atoms with Gasteiger partial charge in [0, 0.05) is 21.1 Å². The largest absolute Gasteiger partial charge is 0.482 e. The molecule has 0 radical (unpaired) electrons. The Balaban J connectivity index is 1.49. The van der Waals surface area contributed by atoms with Crippen LogP contribution in [0.3, 0.4) is 0 Å². The minimum atomic E-state index is -4.35. The SMILES string of the molecule is COC(=O)COc1ccc(SCc2sc(-c3ccc(C(F)(F)F)cc3)nc2C)c2c1CCCC2. The number of ether oxygens (including phenoxy) is 2. The maximum atomic E-state index is 12.8. The lowest BCUT2D eigenvalue weighted by Gasteiger charge is -2.22. The van der Waals surface area contributed by atoms with Crippen LogP contribution < -0.4 is 4.74 Å². The molecule has 0 atom stereocenters. The number of carbonyl (C=O) groups is 1. The summed E-state index contributed by atoms with van der Waals surface area (Å²) in [6.45, 7) is 1.82. The first-order valence-electron chi connectivity index (χ1n) is 10.9. The Kier molecular flexibility index (Phi) is 7.52. The molecule has 1 aliphatic carbocycles. The third-order valence-corrected chi connectivity index (χ3v) is 8.25. The van der Waals surface area contributed by atoms with Crippen LogP contribution in [-0.2, 0) is 34.3 Å². The van der Waals surface area contributed by atoms with Gasteiger partial charge in [-0.25, -0.2) is 9.78 Å². The first-order valence-corrected chi connectivity index (χ1v) is 12.7. The second-order valence-electron chi connectivity index (χ2n) is 7.98. The van der Waals surface area contributed by atoms with E-state index in [-0.39, 0.29) is 6.61 Å². The second kappa shape index (κ2) is 10.4. The van der Waals surface area contributed by atoms with Crippen molar-refractivity contribution in [3.8, 4) is 16.3 Å². The molecule has 0 N–H and O–H groups in total. The Morgan fingerprint density at radius 2 is 1.79 bits per heavy atom. The van der Waals surface area contributed by atoms with Crippen LogP contribution >= 0.6 is 23.1 Å². The first kappa shape index (κ1) is 24.6. The molecular weight excluding hydrogens is 483 g/mol. The maximum Gasteiger partial charge on any atom is 0.416 e. The zero-order valence-corrected chi connectivity index (χ0v) is 20.5. The van der Waals surface area contributed by atoms with Crippen LogP contribution in [-0.4, -0.2) is 24.7 Å². The zero-order chi connectivity index (χ0) is 24.3. The molecule has 0 bridgehead atoms. The van der Waals surface area contributed by atoms with Crippen molar-refractivity contribution in [1.29, 1.82) is 0 Å². The van der Waals surface area contributed by atoms with E-state index in [4.69, 9.17) is 4.74 Å². The first-order chi connectivity index (χ1) is 16.3. The molecule has 0 spiro atoms. The number of nitrogens with zero attached hydrogens (tertiary/aromatic N) is 1. The molecular formula is C25H24F3NO3S2. The zero-order valence-electron chi connectivity index (χ0n) is 18.8. The highest BCUT2D eigenvalue weighted by Gasteiger charge is 2.30. The monoisotopic (exact) mass is 507 g/mol. The maximum absolute atomic E-state index is 12.8. The van der Waals surface area contributed by atoms with Crippen molar-refractivity contribution >= 4 is 29.1 Å². The van der Waals surface area contributed by atoms with E-state index in [9.17, 15) is 18.0 Å². The van der Waals surface area contributed by atoms with Crippen molar-refractivity contribution < 1.29 is 27.4 Å². The van der Waals surface area contributed by atoms with Gasteiger partial charge in [-0.15, -0.1) is 23.1 Å². The molecule has 0 amide bonds. The predicted molar refractivity (Wildman–Crippen MR) is 127 cm³/mol. The number of benzene rings is 2. The number of fused-ring (bicyclic) bond motifs is 1. The molecule has 1 aliphatic rings. The van der Waals surface area contributed by atoms with Gasteiger partial charge in [-0.1, -0.05) is 12.1 Å². The molecule has 180 valence electrons. The third kappa shape index (κ3) is 5.58. The lowest BCUT2D eigenvalue weighted by molar-refractivity contribution is -0.143. The van der Waals surface area contributed by atoms with Crippen molar-refractivity contribution in [3.05, 3.63) is 63.7 Å². The Hall–Kier alpha value is -2.52. The van der Waals surface area contributed by atoms with Gasteiger partial charge < -0.3 is 9.47 Å². The Labute approximate surface area is 204 Å². The van der Waals surface area contributed by atoms with Crippen molar-refractivity contribution in [1.82, 2.24) is 4.98 Å². The van der Waals surface area contributed by atoms with E-state index in [0.29, 0.717) is 5.56 Å². The molecule has 0 saturated heterocycles. The van der Waals surface area contributed by atoms with Gasteiger partial charge in [-0.3, -0.25) is 0 Å². The number of thiazole rings is 1. The molecule has 4 rings (SSSR count). The molecule has 1 aromatic heterocycles. The molecule has 1 heterocycles. The molecule has 4 nitrogen and oxygen atoms in total. The summed E-state index contributed by atoms with van der Waals surface area (Å²) in [5.74, 6) is 1.05. The number of halogens is 3. The van der Waals surface area contributed by atoms with Gasteiger partial charge in [-0.2, -0.15) is 13.2 Å². The lowest BCUT2D eigenvalue weighted by atomic mass is 9.91. The summed E-state index contributed by atoms with van der Waals surface area (Å²) in [6, 6.07) is 9.09. The second-order valence-corrected chi connectivity index (χ2v) is 10.1. The number of rotatable bonds is 7. The fraction of sp³-hybridized carbons (Fsp3) is 0.360. The molecule has 9 heteroatoms. The summed E-state index contributed by atoms with van der Waals surface area (Å²) in [5.41, 5.74) is 3.33. The number of aryl methyl sites for hydroxylation is 1. The predicted octanol–water partition coefficient (Wildman–Crippen LogP) is 6.86. The van der Waals surface area contributed by atoms with Gasteiger partial charge in [0.25, 0.3) is 0 Å². The van der Waals surface area contributed by atoms with Gasteiger partial charge in [0.15, 0.2) is 6.61 Å². The fourth-order valence-corrected chi connectivity index (χ4v) is 6.23. The van der Waals surface area contributed by atoms with E-state index in [0.717, 1.165) is 70.5 Å².